The monoisotopic (exact) mass is 316 g/mol. The molecule has 2 amide bonds. The van der Waals surface area contributed by atoms with Crippen molar-refractivity contribution in [3.05, 3.63) is 29.5 Å². The SMILES string of the molecule is COc1ccc2c(C)c(C(=O)N3CCN(C(C)=O)CC3)oc2c1. The first-order valence-corrected chi connectivity index (χ1v) is 7.63. The molecule has 1 saturated heterocycles. The number of carbonyl (C=O) groups excluding carboxylic acids is 2. The molecule has 1 aliphatic rings. The number of furan rings is 1. The number of rotatable bonds is 2. The predicted molar refractivity (Wildman–Crippen MR) is 85.7 cm³/mol. The van der Waals surface area contributed by atoms with Gasteiger partial charge in [-0.1, -0.05) is 0 Å². The third-order valence-corrected chi connectivity index (χ3v) is 4.35. The van der Waals surface area contributed by atoms with Crippen LogP contribution in [0.3, 0.4) is 0 Å². The topological polar surface area (TPSA) is 63.0 Å². The zero-order chi connectivity index (χ0) is 16.6. The third kappa shape index (κ3) is 2.76. The number of methoxy groups -OCH3 is 1. The van der Waals surface area contributed by atoms with Gasteiger partial charge in [0.1, 0.15) is 11.3 Å². The second kappa shape index (κ2) is 5.95. The Kier molecular flexibility index (Phi) is 3.98. The van der Waals surface area contributed by atoms with Crippen molar-refractivity contribution in [2.75, 3.05) is 33.3 Å². The molecule has 2 heterocycles. The maximum Gasteiger partial charge on any atom is 0.290 e. The van der Waals surface area contributed by atoms with Gasteiger partial charge in [0.25, 0.3) is 5.91 Å². The van der Waals surface area contributed by atoms with Crippen molar-refractivity contribution in [3.8, 4) is 5.75 Å². The normalized spacial score (nSPS) is 15.1. The minimum atomic E-state index is -0.124. The van der Waals surface area contributed by atoms with E-state index in [1.807, 2.05) is 19.1 Å². The molecule has 1 aliphatic heterocycles. The van der Waals surface area contributed by atoms with Crippen LogP contribution in [0, 0.1) is 6.92 Å². The van der Waals surface area contributed by atoms with Gasteiger partial charge in [-0.2, -0.15) is 0 Å². The molecule has 0 radical (unpaired) electrons. The van der Waals surface area contributed by atoms with Gasteiger partial charge in [-0.25, -0.2) is 0 Å². The summed E-state index contributed by atoms with van der Waals surface area (Å²) in [5.41, 5.74) is 1.48. The van der Waals surface area contributed by atoms with Crippen LogP contribution in [0.1, 0.15) is 23.0 Å². The van der Waals surface area contributed by atoms with Gasteiger partial charge in [0.05, 0.1) is 7.11 Å². The van der Waals surface area contributed by atoms with Crippen LogP contribution >= 0.6 is 0 Å². The molecule has 0 bridgehead atoms. The summed E-state index contributed by atoms with van der Waals surface area (Å²) in [6.45, 7) is 5.62. The van der Waals surface area contributed by atoms with Crippen molar-refractivity contribution in [2.45, 2.75) is 13.8 Å². The molecule has 0 aliphatic carbocycles. The molecular weight excluding hydrogens is 296 g/mol. The maximum atomic E-state index is 12.7. The van der Waals surface area contributed by atoms with Gasteiger partial charge in [-0.15, -0.1) is 0 Å². The first kappa shape index (κ1) is 15.4. The number of ether oxygens (including phenoxy) is 1. The van der Waals surface area contributed by atoms with E-state index in [4.69, 9.17) is 9.15 Å². The minimum Gasteiger partial charge on any atom is -0.497 e. The van der Waals surface area contributed by atoms with E-state index in [2.05, 4.69) is 0 Å². The summed E-state index contributed by atoms with van der Waals surface area (Å²) in [6.07, 6.45) is 0. The highest BCUT2D eigenvalue weighted by Gasteiger charge is 2.27. The largest absolute Gasteiger partial charge is 0.497 e. The smallest absolute Gasteiger partial charge is 0.290 e. The van der Waals surface area contributed by atoms with Crippen LogP contribution in [0.4, 0.5) is 0 Å². The fourth-order valence-electron chi connectivity index (χ4n) is 2.90. The van der Waals surface area contributed by atoms with Crippen LogP contribution < -0.4 is 4.74 Å². The molecule has 0 spiro atoms. The summed E-state index contributed by atoms with van der Waals surface area (Å²) in [5.74, 6) is 0.981. The molecule has 6 nitrogen and oxygen atoms in total. The number of piperazine rings is 1. The third-order valence-electron chi connectivity index (χ3n) is 4.35. The molecule has 0 unspecified atom stereocenters. The van der Waals surface area contributed by atoms with Crippen LogP contribution in [-0.4, -0.2) is 54.9 Å². The molecule has 1 fully saturated rings. The Bertz CT molecular complexity index is 757. The van der Waals surface area contributed by atoms with Crippen molar-refractivity contribution in [1.82, 2.24) is 9.80 Å². The second-order valence-corrected chi connectivity index (χ2v) is 5.72. The second-order valence-electron chi connectivity index (χ2n) is 5.72. The van der Waals surface area contributed by atoms with E-state index < -0.39 is 0 Å². The average Bonchev–Trinajstić information content (AvgIpc) is 2.90. The van der Waals surface area contributed by atoms with Gasteiger partial charge >= 0.3 is 0 Å². The van der Waals surface area contributed by atoms with Gasteiger partial charge in [-0.3, -0.25) is 9.59 Å². The number of carbonyl (C=O) groups is 2. The molecule has 23 heavy (non-hydrogen) atoms. The molecule has 6 heteroatoms. The standard InChI is InChI=1S/C17H20N2O4/c1-11-14-5-4-13(22-3)10-15(14)23-16(11)17(21)19-8-6-18(7-9-19)12(2)20/h4-5,10H,6-9H2,1-3H3. The van der Waals surface area contributed by atoms with E-state index in [-0.39, 0.29) is 11.8 Å². The highest BCUT2D eigenvalue weighted by atomic mass is 16.5. The molecule has 122 valence electrons. The summed E-state index contributed by atoms with van der Waals surface area (Å²) in [5, 5.41) is 0.913. The summed E-state index contributed by atoms with van der Waals surface area (Å²) in [4.78, 5) is 27.6. The Labute approximate surface area is 134 Å². The van der Waals surface area contributed by atoms with Crippen LogP contribution in [-0.2, 0) is 4.79 Å². The Morgan fingerprint density at radius 1 is 1.13 bits per heavy atom. The molecule has 1 aromatic carbocycles. The quantitative estimate of drug-likeness (QED) is 0.851. The summed E-state index contributed by atoms with van der Waals surface area (Å²) < 4.78 is 11.0. The molecule has 3 rings (SSSR count). The lowest BCUT2D eigenvalue weighted by Crippen LogP contribution is -2.50. The van der Waals surface area contributed by atoms with E-state index in [1.165, 1.54) is 0 Å². The van der Waals surface area contributed by atoms with Crippen LogP contribution in [0.5, 0.6) is 5.75 Å². The van der Waals surface area contributed by atoms with E-state index in [0.29, 0.717) is 43.3 Å². The highest BCUT2D eigenvalue weighted by molar-refractivity contribution is 5.99. The van der Waals surface area contributed by atoms with Gasteiger partial charge < -0.3 is 19.0 Å². The van der Waals surface area contributed by atoms with E-state index in [9.17, 15) is 9.59 Å². The molecule has 1 aromatic heterocycles. The van der Waals surface area contributed by atoms with Crippen molar-refractivity contribution in [2.24, 2.45) is 0 Å². The lowest BCUT2D eigenvalue weighted by molar-refractivity contribution is -0.130. The van der Waals surface area contributed by atoms with Crippen molar-refractivity contribution < 1.29 is 18.7 Å². The molecule has 0 saturated carbocycles. The predicted octanol–water partition coefficient (Wildman–Crippen LogP) is 2.05. The maximum absolute atomic E-state index is 12.7. The Morgan fingerprint density at radius 3 is 2.39 bits per heavy atom. The molecular formula is C17H20N2O4. The fraction of sp³-hybridized carbons (Fsp3) is 0.412. The first-order valence-electron chi connectivity index (χ1n) is 7.63. The Balaban J connectivity index is 1.84. The lowest BCUT2D eigenvalue weighted by Gasteiger charge is -2.33. The molecule has 0 N–H and O–H groups in total. The van der Waals surface area contributed by atoms with Gasteiger partial charge in [0.2, 0.25) is 5.91 Å². The van der Waals surface area contributed by atoms with Crippen molar-refractivity contribution >= 4 is 22.8 Å². The zero-order valence-electron chi connectivity index (χ0n) is 13.6. The van der Waals surface area contributed by atoms with E-state index in [1.54, 1.807) is 29.9 Å². The summed E-state index contributed by atoms with van der Waals surface area (Å²) >= 11 is 0. The lowest BCUT2D eigenvalue weighted by atomic mass is 10.1. The van der Waals surface area contributed by atoms with Crippen LogP contribution in [0.15, 0.2) is 22.6 Å². The van der Waals surface area contributed by atoms with Crippen molar-refractivity contribution in [1.29, 1.82) is 0 Å². The number of fused-ring (bicyclic) bond motifs is 1. The fourth-order valence-corrected chi connectivity index (χ4v) is 2.90. The van der Waals surface area contributed by atoms with Gasteiger partial charge in [0, 0.05) is 50.1 Å². The van der Waals surface area contributed by atoms with Gasteiger partial charge in [0.15, 0.2) is 5.76 Å². The van der Waals surface area contributed by atoms with Crippen LogP contribution in [0.2, 0.25) is 0 Å². The van der Waals surface area contributed by atoms with Crippen molar-refractivity contribution in [3.63, 3.8) is 0 Å². The number of hydrogen-bond acceptors (Lipinski definition) is 4. The number of amides is 2. The van der Waals surface area contributed by atoms with Gasteiger partial charge in [-0.05, 0) is 19.1 Å². The highest BCUT2D eigenvalue weighted by Crippen LogP contribution is 2.29. The number of benzene rings is 1. The number of hydrogen-bond donors (Lipinski definition) is 0. The zero-order valence-corrected chi connectivity index (χ0v) is 13.6. The minimum absolute atomic E-state index is 0.0455. The van der Waals surface area contributed by atoms with E-state index >= 15 is 0 Å². The van der Waals surface area contributed by atoms with Crippen LogP contribution in [0.25, 0.3) is 11.0 Å². The number of nitrogens with zero attached hydrogens (tertiary/aromatic N) is 2. The average molecular weight is 316 g/mol. The number of aryl methyl sites for hydroxylation is 1. The first-order chi connectivity index (χ1) is 11.0. The molecule has 2 aromatic rings. The summed E-state index contributed by atoms with van der Waals surface area (Å²) in [7, 11) is 1.59. The Morgan fingerprint density at radius 2 is 1.78 bits per heavy atom. The van der Waals surface area contributed by atoms with E-state index in [0.717, 1.165) is 10.9 Å². The Hall–Kier alpha value is -2.50. The summed E-state index contributed by atoms with van der Waals surface area (Å²) in [6, 6.07) is 5.54. The molecule has 0 atom stereocenters.